The van der Waals surface area contributed by atoms with Gasteiger partial charge in [0.25, 0.3) is 0 Å². The van der Waals surface area contributed by atoms with Gasteiger partial charge in [0.05, 0.1) is 5.38 Å². The van der Waals surface area contributed by atoms with E-state index in [9.17, 15) is 0 Å². The highest BCUT2D eigenvalue weighted by molar-refractivity contribution is 6.20. The van der Waals surface area contributed by atoms with Crippen molar-refractivity contribution in [2.24, 2.45) is 0 Å². The van der Waals surface area contributed by atoms with E-state index in [4.69, 9.17) is 17.3 Å². The molecule has 2 rings (SSSR count). The predicted molar refractivity (Wildman–Crippen MR) is 73.0 cm³/mol. The molecule has 0 saturated carbocycles. The Morgan fingerprint density at radius 2 is 1.94 bits per heavy atom. The molecule has 5 nitrogen and oxygen atoms in total. The van der Waals surface area contributed by atoms with Crippen LogP contribution < -0.4 is 11.1 Å². The molecule has 0 spiro atoms. The van der Waals surface area contributed by atoms with Crippen molar-refractivity contribution in [2.75, 3.05) is 11.1 Å². The van der Waals surface area contributed by atoms with Crippen molar-refractivity contribution < 1.29 is 0 Å². The van der Waals surface area contributed by atoms with Crippen LogP contribution in [-0.2, 0) is 0 Å². The standard InChI is InChI=1S/C12H14ClN5/c1-7-5-3-4-6-9(7)15-12-17-10(8(2)13)16-11(14)18-12/h3-6,8H,1-2H3,(H3,14,15,16,17,18)/t8-/m0/s1. The van der Waals surface area contributed by atoms with Gasteiger partial charge in [-0.05, 0) is 25.5 Å². The number of nitrogens with one attached hydrogen (secondary N) is 1. The molecule has 2 aromatic rings. The highest BCUT2D eigenvalue weighted by atomic mass is 35.5. The summed E-state index contributed by atoms with van der Waals surface area (Å²) in [6.07, 6.45) is 0. The zero-order valence-electron chi connectivity index (χ0n) is 10.2. The van der Waals surface area contributed by atoms with E-state index in [1.807, 2.05) is 31.2 Å². The number of nitrogens with two attached hydrogens (primary N) is 1. The first-order valence-electron chi connectivity index (χ1n) is 5.54. The van der Waals surface area contributed by atoms with Crippen LogP contribution in [0.15, 0.2) is 24.3 Å². The molecule has 0 amide bonds. The summed E-state index contributed by atoms with van der Waals surface area (Å²) in [5.74, 6) is 1.02. The summed E-state index contributed by atoms with van der Waals surface area (Å²) in [7, 11) is 0. The smallest absolute Gasteiger partial charge is 0.232 e. The molecule has 0 bridgehead atoms. The van der Waals surface area contributed by atoms with E-state index in [0.717, 1.165) is 11.3 Å². The van der Waals surface area contributed by atoms with Gasteiger partial charge in [0.1, 0.15) is 0 Å². The molecule has 18 heavy (non-hydrogen) atoms. The molecule has 0 saturated heterocycles. The molecule has 0 aliphatic rings. The summed E-state index contributed by atoms with van der Waals surface area (Å²) in [5.41, 5.74) is 7.65. The number of benzene rings is 1. The number of aryl methyl sites for hydroxylation is 1. The second-order valence-electron chi connectivity index (χ2n) is 3.93. The number of hydrogen-bond donors (Lipinski definition) is 2. The van der Waals surface area contributed by atoms with Crippen LogP contribution in [-0.4, -0.2) is 15.0 Å². The van der Waals surface area contributed by atoms with Gasteiger partial charge in [-0.3, -0.25) is 0 Å². The minimum absolute atomic E-state index is 0.156. The van der Waals surface area contributed by atoms with E-state index < -0.39 is 0 Å². The first-order valence-corrected chi connectivity index (χ1v) is 5.98. The fourth-order valence-electron chi connectivity index (χ4n) is 1.48. The van der Waals surface area contributed by atoms with Gasteiger partial charge >= 0.3 is 0 Å². The lowest BCUT2D eigenvalue weighted by Gasteiger charge is -2.09. The van der Waals surface area contributed by atoms with E-state index in [1.54, 1.807) is 6.92 Å². The van der Waals surface area contributed by atoms with Crippen molar-refractivity contribution in [3.63, 3.8) is 0 Å². The van der Waals surface area contributed by atoms with Gasteiger partial charge in [-0.25, -0.2) is 0 Å². The van der Waals surface area contributed by atoms with E-state index >= 15 is 0 Å². The second-order valence-corrected chi connectivity index (χ2v) is 4.59. The van der Waals surface area contributed by atoms with Crippen molar-refractivity contribution >= 4 is 29.2 Å². The van der Waals surface area contributed by atoms with Crippen molar-refractivity contribution in [3.05, 3.63) is 35.7 Å². The van der Waals surface area contributed by atoms with Gasteiger partial charge in [0.15, 0.2) is 5.82 Å². The Kier molecular flexibility index (Phi) is 3.62. The predicted octanol–water partition coefficient (Wildman–Crippen LogP) is 2.81. The van der Waals surface area contributed by atoms with Crippen molar-refractivity contribution in [3.8, 4) is 0 Å². The zero-order chi connectivity index (χ0) is 13.1. The largest absolute Gasteiger partial charge is 0.368 e. The van der Waals surface area contributed by atoms with Gasteiger partial charge in [0.2, 0.25) is 11.9 Å². The third-order valence-electron chi connectivity index (χ3n) is 2.42. The normalized spacial score (nSPS) is 12.2. The van der Waals surface area contributed by atoms with Crippen LogP contribution in [0.5, 0.6) is 0 Å². The summed E-state index contributed by atoms with van der Waals surface area (Å²) in [4.78, 5) is 12.2. The molecule has 6 heteroatoms. The third-order valence-corrected chi connectivity index (χ3v) is 2.61. The molecule has 1 atom stereocenters. The number of anilines is 3. The first-order chi connectivity index (χ1) is 8.56. The van der Waals surface area contributed by atoms with Crippen LogP contribution in [0.3, 0.4) is 0 Å². The molecule has 0 aliphatic carbocycles. The summed E-state index contributed by atoms with van der Waals surface area (Å²) in [6.45, 7) is 3.78. The lowest BCUT2D eigenvalue weighted by atomic mass is 10.2. The number of rotatable bonds is 3. The van der Waals surface area contributed by atoms with Crippen LogP contribution >= 0.6 is 11.6 Å². The maximum Gasteiger partial charge on any atom is 0.232 e. The molecule has 94 valence electrons. The highest BCUT2D eigenvalue weighted by Crippen LogP contribution is 2.20. The molecule has 0 aliphatic heterocycles. The Labute approximate surface area is 110 Å². The Morgan fingerprint density at radius 3 is 2.61 bits per heavy atom. The number of alkyl halides is 1. The van der Waals surface area contributed by atoms with E-state index in [2.05, 4.69) is 20.3 Å². The Balaban J connectivity index is 2.32. The van der Waals surface area contributed by atoms with Crippen LogP contribution in [0.25, 0.3) is 0 Å². The molecule has 0 fully saturated rings. The number of para-hydroxylation sites is 1. The van der Waals surface area contributed by atoms with E-state index in [0.29, 0.717) is 11.8 Å². The van der Waals surface area contributed by atoms with Gasteiger partial charge in [0, 0.05) is 5.69 Å². The topological polar surface area (TPSA) is 76.7 Å². The molecule has 0 unspecified atom stereocenters. The van der Waals surface area contributed by atoms with Gasteiger partial charge in [-0.15, -0.1) is 11.6 Å². The minimum atomic E-state index is -0.312. The number of halogens is 1. The monoisotopic (exact) mass is 263 g/mol. The minimum Gasteiger partial charge on any atom is -0.368 e. The van der Waals surface area contributed by atoms with Crippen LogP contribution in [0.4, 0.5) is 17.6 Å². The molecular formula is C12H14ClN5. The van der Waals surface area contributed by atoms with Crippen LogP contribution in [0.2, 0.25) is 0 Å². The maximum atomic E-state index is 5.95. The molecule has 3 N–H and O–H groups in total. The Bertz CT molecular complexity index is 556. The second kappa shape index (κ2) is 5.18. The first kappa shape index (κ1) is 12.6. The molecular weight excluding hydrogens is 250 g/mol. The zero-order valence-corrected chi connectivity index (χ0v) is 10.9. The number of nitrogens with zero attached hydrogens (tertiary/aromatic N) is 3. The number of hydrogen-bond acceptors (Lipinski definition) is 5. The lowest BCUT2D eigenvalue weighted by molar-refractivity contribution is 0.888. The average molecular weight is 264 g/mol. The van der Waals surface area contributed by atoms with Gasteiger partial charge in [-0.2, -0.15) is 15.0 Å². The van der Waals surface area contributed by atoms with E-state index in [-0.39, 0.29) is 11.3 Å². The summed E-state index contributed by atoms with van der Waals surface area (Å²) in [5, 5.41) is 2.80. The molecule has 1 heterocycles. The Morgan fingerprint density at radius 1 is 1.22 bits per heavy atom. The fourth-order valence-corrected chi connectivity index (χ4v) is 1.57. The SMILES string of the molecule is Cc1ccccc1Nc1nc(N)nc([C@H](C)Cl)n1. The average Bonchev–Trinajstić information content (AvgIpc) is 2.31. The number of aromatic nitrogens is 3. The summed E-state index contributed by atoms with van der Waals surface area (Å²) < 4.78 is 0. The quantitative estimate of drug-likeness (QED) is 0.833. The summed E-state index contributed by atoms with van der Waals surface area (Å²) in [6, 6.07) is 7.84. The van der Waals surface area contributed by atoms with E-state index in [1.165, 1.54) is 0 Å². The molecule has 1 aromatic carbocycles. The highest BCUT2D eigenvalue weighted by Gasteiger charge is 2.09. The van der Waals surface area contributed by atoms with Gasteiger partial charge < -0.3 is 11.1 Å². The fraction of sp³-hybridized carbons (Fsp3) is 0.250. The summed E-state index contributed by atoms with van der Waals surface area (Å²) >= 11 is 5.95. The van der Waals surface area contributed by atoms with Crippen molar-refractivity contribution in [2.45, 2.75) is 19.2 Å². The third kappa shape index (κ3) is 2.87. The lowest BCUT2D eigenvalue weighted by Crippen LogP contribution is -2.07. The number of nitrogen functional groups attached to an aromatic ring is 1. The molecule has 0 radical (unpaired) electrons. The van der Waals surface area contributed by atoms with Gasteiger partial charge in [-0.1, -0.05) is 18.2 Å². The Hall–Kier alpha value is -1.88. The van der Waals surface area contributed by atoms with Crippen LogP contribution in [0, 0.1) is 6.92 Å². The van der Waals surface area contributed by atoms with Crippen molar-refractivity contribution in [1.82, 2.24) is 15.0 Å². The molecule has 1 aromatic heterocycles. The van der Waals surface area contributed by atoms with Crippen LogP contribution in [0.1, 0.15) is 23.7 Å². The maximum absolute atomic E-state index is 5.95. The van der Waals surface area contributed by atoms with Crippen molar-refractivity contribution in [1.29, 1.82) is 0 Å².